The second-order valence-electron chi connectivity index (χ2n) is 5.27. The van der Waals surface area contributed by atoms with Crippen LogP contribution in [-0.2, 0) is 4.74 Å². The first kappa shape index (κ1) is 13.1. The first-order valence-electron chi connectivity index (χ1n) is 6.54. The van der Waals surface area contributed by atoms with Gasteiger partial charge in [-0.2, -0.15) is 0 Å². The van der Waals surface area contributed by atoms with Gasteiger partial charge >= 0.3 is 0 Å². The number of nitrogens with zero attached hydrogens (tertiary/aromatic N) is 2. The number of hydrogen-bond acceptors (Lipinski definition) is 5. The van der Waals surface area contributed by atoms with Gasteiger partial charge in [0.2, 0.25) is 0 Å². The predicted molar refractivity (Wildman–Crippen MR) is 72.5 cm³/mol. The molecular formula is C13H22N4O. The lowest BCUT2D eigenvalue weighted by Crippen LogP contribution is -2.36. The number of anilines is 2. The fourth-order valence-electron chi connectivity index (χ4n) is 2.36. The molecular weight excluding hydrogens is 228 g/mol. The van der Waals surface area contributed by atoms with Crippen molar-refractivity contribution in [2.75, 3.05) is 24.3 Å². The summed E-state index contributed by atoms with van der Waals surface area (Å²) in [5, 5.41) is 3.51. The molecule has 0 amide bonds. The highest BCUT2D eigenvalue weighted by Gasteiger charge is 2.24. The van der Waals surface area contributed by atoms with Gasteiger partial charge in [0.1, 0.15) is 18.0 Å². The minimum atomic E-state index is 0.309. The van der Waals surface area contributed by atoms with Crippen molar-refractivity contribution in [3.8, 4) is 0 Å². The monoisotopic (exact) mass is 250 g/mol. The number of hydrogen-bond donors (Lipinski definition) is 2. The highest BCUT2D eigenvalue weighted by atomic mass is 16.5. The summed E-state index contributed by atoms with van der Waals surface area (Å²) in [6.45, 7) is 8.01. The van der Waals surface area contributed by atoms with Crippen LogP contribution in [0.5, 0.6) is 0 Å². The van der Waals surface area contributed by atoms with E-state index in [2.05, 4.69) is 36.1 Å². The smallest absolute Gasteiger partial charge is 0.135 e. The Morgan fingerprint density at radius 1 is 1.44 bits per heavy atom. The quantitative estimate of drug-likeness (QED) is 0.858. The van der Waals surface area contributed by atoms with E-state index in [0.29, 0.717) is 23.7 Å². The summed E-state index contributed by atoms with van der Waals surface area (Å²) >= 11 is 0. The van der Waals surface area contributed by atoms with Crippen LogP contribution in [0.2, 0.25) is 0 Å². The normalized spacial score (nSPS) is 24.2. The SMILES string of the molecule is CC(C)c1c(N)ncnc1NC1CCOCC1C. The Morgan fingerprint density at radius 3 is 2.89 bits per heavy atom. The highest BCUT2D eigenvalue weighted by Crippen LogP contribution is 2.28. The molecule has 0 spiro atoms. The molecule has 2 unspecified atom stereocenters. The van der Waals surface area contributed by atoms with Crippen molar-refractivity contribution in [2.24, 2.45) is 5.92 Å². The summed E-state index contributed by atoms with van der Waals surface area (Å²) < 4.78 is 5.45. The first-order chi connectivity index (χ1) is 8.59. The molecule has 100 valence electrons. The summed E-state index contributed by atoms with van der Waals surface area (Å²) in [6.07, 6.45) is 2.52. The number of nitrogens with two attached hydrogens (primary N) is 1. The zero-order valence-electron chi connectivity index (χ0n) is 11.3. The Morgan fingerprint density at radius 2 is 2.22 bits per heavy atom. The predicted octanol–water partition coefficient (Wildman–Crippen LogP) is 2.02. The molecule has 0 radical (unpaired) electrons. The van der Waals surface area contributed by atoms with Crippen molar-refractivity contribution in [3.63, 3.8) is 0 Å². The summed E-state index contributed by atoms with van der Waals surface area (Å²) in [4.78, 5) is 8.42. The molecule has 2 atom stereocenters. The Labute approximate surface area is 108 Å². The molecule has 1 fully saturated rings. The zero-order chi connectivity index (χ0) is 13.1. The summed E-state index contributed by atoms with van der Waals surface area (Å²) in [7, 11) is 0. The van der Waals surface area contributed by atoms with Gasteiger partial charge in [0.15, 0.2) is 0 Å². The second-order valence-corrected chi connectivity index (χ2v) is 5.27. The van der Waals surface area contributed by atoms with E-state index in [1.165, 1.54) is 6.33 Å². The molecule has 1 aliphatic rings. The van der Waals surface area contributed by atoms with Crippen LogP contribution in [-0.4, -0.2) is 29.2 Å². The molecule has 0 aromatic carbocycles. The Bertz CT molecular complexity index is 408. The number of nitrogen functional groups attached to an aromatic ring is 1. The van der Waals surface area contributed by atoms with Gasteiger partial charge in [-0.3, -0.25) is 0 Å². The van der Waals surface area contributed by atoms with Crippen LogP contribution in [0.4, 0.5) is 11.6 Å². The molecule has 0 saturated carbocycles. The van der Waals surface area contributed by atoms with Gasteiger partial charge in [-0.25, -0.2) is 9.97 Å². The van der Waals surface area contributed by atoms with E-state index in [1.807, 2.05) is 0 Å². The van der Waals surface area contributed by atoms with Crippen LogP contribution in [0, 0.1) is 5.92 Å². The number of rotatable bonds is 3. The largest absolute Gasteiger partial charge is 0.383 e. The molecule has 1 aliphatic heterocycles. The number of ether oxygens (including phenoxy) is 1. The molecule has 5 heteroatoms. The van der Waals surface area contributed by atoms with Crippen molar-refractivity contribution in [3.05, 3.63) is 11.9 Å². The average Bonchev–Trinajstić information content (AvgIpc) is 2.31. The molecule has 1 saturated heterocycles. The topological polar surface area (TPSA) is 73.1 Å². The Kier molecular flexibility index (Phi) is 4.01. The van der Waals surface area contributed by atoms with Crippen molar-refractivity contribution in [2.45, 2.75) is 39.2 Å². The van der Waals surface area contributed by atoms with E-state index >= 15 is 0 Å². The molecule has 2 heterocycles. The maximum absolute atomic E-state index is 5.95. The van der Waals surface area contributed by atoms with Crippen LogP contribution in [0.3, 0.4) is 0 Å². The van der Waals surface area contributed by atoms with Crippen LogP contribution in [0.25, 0.3) is 0 Å². The Balaban J connectivity index is 2.20. The van der Waals surface area contributed by atoms with Gasteiger partial charge in [-0.15, -0.1) is 0 Å². The summed E-state index contributed by atoms with van der Waals surface area (Å²) in [5.74, 6) is 2.23. The van der Waals surface area contributed by atoms with Crippen molar-refractivity contribution in [1.82, 2.24) is 9.97 Å². The molecule has 18 heavy (non-hydrogen) atoms. The molecule has 3 N–H and O–H groups in total. The van der Waals surface area contributed by atoms with Crippen molar-refractivity contribution >= 4 is 11.6 Å². The first-order valence-corrected chi connectivity index (χ1v) is 6.54. The third kappa shape index (κ3) is 2.72. The molecule has 0 bridgehead atoms. The molecule has 1 aromatic heterocycles. The molecule has 1 aromatic rings. The van der Waals surface area contributed by atoms with Gasteiger partial charge < -0.3 is 15.8 Å². The van der Waals surface area contributed by atoms with Gasteiger partial charge in [0, 0.05) is 18.2 Å². The third-order valence-electron chi connectivity index (χ3n) is 3.46. The number of aromatic nitrogens is 2. The fraction of sp³-hybridized carbons (Fsp3) is 0.692. The van der Waals surface area contributed by atoms with Crippen LogP contribution in [0.15, 0.2) is 6.33 Å². The van der Waals surface area contributed by atoms with E-state index in [4.69, 9.17) is 10.5 Å². The average molecular weight is 250 g/mol. The zero-order valence-corrected chi connectivity index (χ0v) is 11.3. The Hall–Kier alpha value is -1.36. The maximum atomic E-state index is 5.95. The lowest BCUT2D eigenvalue weighted by molar-refractivity contribution is 0.0536. The van der Waals surface area contributed by atoms with Gasteiger partial charge in [-0.1, -0.05) is 20.8 Å². The van der Waals surface area contributed by atoms with E-state index in [0.717, 1.165) is 31.0 Å². The number of nitrogens with one attached hydrogen (secondary N) is 1. The maximum Gasteiger partial charge on any atom is 0.135 e. The standard InChI is InChI=1S/C13H22N4O/c1-8(2)11-12(14)15-7-16-13(11)17-10-4-5-18-6-9(10)3/h7-10H,4-6H2,1-3H3,(H3,14,15,16,17). The van der Waals surface area contributed by atoms with E-state index in [-0.39, 0.29) is 0 Å². The minimum Gasteiger partial charge on any atom is -0.383 e. The van der Waals surface area contributed by atoms with Gasteiger partial charge in [0.05, 0.1) is 6.61 Å². The van der Waals surface area contributed by atoms with E-state index in [9.17, 15) is 0 Å². The van der Waals surface area contributed by atoms with Gasteiger partial charge in [0.25, 0.3) is 0 Å². The summed E-state index contributed by atoms with van der Waals surface area (Å²) in [6, 6.07) is 0.394. The van der Waals surface area contributed by atoms with Crippen molar-refractivity contribution < 1.29 is 4.74 Å². The van der Waals surface area contributed by atoms with Gasteiger partial charge in [-0.05, 0) is 18.3 Å². The van der Waals surface area contributed by atoms with Crippen molar-refractivity contribution in [1.29, 1.82) is 0 Å². The van der Waals surface area contributed by atoms with E-state index < -0.39 is 0 Å². The lowest BCUT2D eigenvalue weighted by Gasteiger charge is -2.31. The molecule has 2 rings (SSSR count). The van der Waals surface area contributed by atoms with Crippen LogP contribution in [0.1, 0.15) is 38.7 Å². The van der Waals surface area contributed by atoms with E-state index in [1.54, 1.807) is 0 Å². The molecule has 0 aliphatic carbocycles. The fourth-order valence-corrected chi connectivity index (χ4v) is 2.36. The minimum absolute atomic E-state index is 0.309. The molecule has 5 nitrogen and oxygen atoms in total. The highest BCUT2D eigenvalue weighted by molar-refractivity contribution is 5.57. The van der Waals surface area contributed by atoms with Crippen LogP contribution >= 0.6 is 0 Å². The van der Waals surface area contributed by atoms with Crippen LogP contribution < -0.4 is 11.1 Å². The second kappa shape index (κ2) is 5.52. The third-order valence-corrected chi connectivity index (χ3v) is 3.46. The summed E-state index contributed by atoms with van der Waals surface area (Å²) in [5.41, 5.74) is 6.96. The lowest BCUT2D eigenvalue weighted by atomic mass is 9.97.